The van der Waals surface area contributed by atoms with Crippen LogP contribution in [-0.4, -0.2) is 22.1 Å². The fraction of sp³-hybridized carbons (Fsp3) is 0.158. The SMILES string of the molecule is CCc1ccc(NC(=O)c2nnc(COC(=O)c3cc(Cl)ccc3F)s2)cc1. The number of hydrogen-bond acceptors (Lipinski definition) is 6. The molecule has 1 N–H and O–H groups in total. The zero-order valence-electron chi connectivity index (χ0n) is 14.7. The first-order valence-electron chi connectivity index (χ1n) is 8.31. The fourth-order valence-corrected chi connectivity index (χ4v) is 3.09. The number of carbonyl (C=O) groups excluding carboxylic acids is 2. The van der Waals surface area contributed by atoms with Crippen molar-refractivity contribution in [3.63, 3.8) is 0 Å². The predicted octanol–water partition coefficient (Wildman–Crippen LogP) is 4.50. The molecule has 28 heavy (non-hydrogen) atoms. The third-order valence-corrected chi connectivity index (χ3v) is 4.89. The lowest BCUT2D eigenvalue weighted by molar-refractivity contribution is 0.0466. The van der Waals surface area contributed by atoms with E-state index < -0.39 is 17.7 Å². The van der Waals surface area contributed by atoms with Crippen molar-refractivity contribution in [1.82, 2.24) is 10.2 Å². The van der Waals surface area contributed by atoms with Crippen LogP contribution >= 0.6 is 22.9 Å². The van der Waals surface area contributed by atoms with E-state index in [2.05, 4.69) is 15.5 Å². The predicted molar refractivity (Wildman–Crippen MR) is 104 cm³/mol. The third kappa shape index (κ3) is 4.90. The zero-order valence-corrected chi connectivity index (χ0v) is 16.3. The van der Waals surface area contributed by atoms with Gasteiger partial charge in [-0.2, -0.15) is 0 Å². The second-order valence-corrected chi connectivity index (χ2v) is 7.20. The van der Waals surface area contributed by atoms with E-state index in [9.17, 15) is 14.0 Å². The molecule has 0 unspecified atom stereocenters. The Labute approximate surface area is 169 Å². The highest BCUT2D eigenvalue weighted by Crippen LogP contribution is 2.18. The normalized spacial score (nSPS) is 10.5. The highest BCUT2D eigenvalue weighted by Gasteiger charge is 2.17. The molecule has 0 fully saturated rings. The molecule has 1 amide bonds. The van der Waals surface area contributed by atoms with E-state index in [-0.39, 0.29) is 22.2 Å². The molecular formula is C19H15ClFN3O3S. The molecule has 0 saturated carbocycles. The van der Waals surface area contributed by atoms with E-state index in [1.54, 1.807) is 12.1 Å². The largest absolute Gasteiger partial charge is 0.455 e. The molecule has 6 nitrogen and oxygen atoms in total. The van der Waals surface area contributed by atoms with E-state index in [0.29, 0.717) is 10.7 Å². The number of nitrogens with one attached hydrogen (secondary N) is 1. The second kappa shape index (κ2) is 8.90. The van der Waals surface area contributed by atoms with Gasteiger partial charge in [-0.05, 0) is 42.3 Å². The number of hydrogen-bond donors (Lipinski definition) is 1. The van der Waals surface area contributed by atoms with E-state index >= 15 is 0 Å². The van der Waals surface area contributed by atoms with E-state index in [0.717, 1.165) is 29.4 Å². The summed E-state index contributed by atoms with van der Waals surface area (Å²) in [6.45, 7) is 1.81. The number of aryl methyl sites for hydroxylation is 1. The number of aromatic nitrogens is 2. The van der Waals surface area contributed by atoms with Gasteiger partial charge >= 0.3 is 5.97 Å². The van der Waals surface area contributed by atoms with Crippen molar-refractivity contribution in [2.45, 2.75) is 20.0 Å². The van der Waals surface area contributed by atoms with Gasteiger partial charge in [0.1, 0.15) is 12.4 Å². The van der Waals surface area contributed by atoms with Crippen molar-refractivity contribution >= 4 is 40.5 Å². The van der Waals surface area contributed by atoms with Gasteiger partial charge in [0.2, 0.25) is 5.01 Å². The first kappa shape index (κ1) is 19.9. The van der Waals surface area contributed by atoms with E-state index in [1.807, 2.05) is 19.1 Å². The molecule has 144 valence electrons. The molecule has 3 aromatic rings. The van der Waals surface area contributed by atoms with Gasteiger partial charge in [0.05, 0.1) is 5.56 Å². The van der Waals surface area contributed by atoms with Gasteiger partial charge in [-0.3, -0.25) is 4.79 Å². The summed E-state index contributed by atoms with van der Waals surface area (Å²) in [5.41, 5.74) is 1.53. The van der Waals surface area contributed by atoms with Gasteiger partial charge < -0.3 is 10.1 Å². The Hall–Kier alpha value is -2.84. The lowest BCUT2D eigenvalue weighted by Crippen LogP contribution is -2.11. The van der Waals surface area contributed by atoms with Gasteiger partial charge in [0.15, 0.2) is 5.01 Å². The van der Waals surface area contributed by atoms with Crippen molar-refractivity contribution in [2.24, 2.45) is 0 Å². The van der Waals surface area contributed by atoms with Gasteiger partial charge in [-0.25, -0.2) is 9.18 Å². The molecule has 0 saturated heterocycles. The number of rotatable bonds is 6. The lowest BCUT2D eigenvalue weighted by Gasteiger charge is -2.04. The molecule has 1 heterocycles. The molecule has 0 bridgehead atoms. The smallest absolute Gasteiger partial charge is 0.341 e. The molecule has 0 spiro atoms. The molecule has 2 aromatic carbocycles. The van der Waals surface area contributed by atoms with Gasteiger partial charge in [-0.1, -0.05) is 42.0 Å². The lowest BCUT2D eigenvalue weighted by atomic mass is 10.1. The van der Waals surface area contributed by atoms with Gasteiger partial charge in [-0.15, -0.1) is 10.2 Å². The first-order chi connectivity index (χ1) is 13.5. The van der Waals surface area contributed by atoms with Crippen LogP contribution in [-0.2, 0) is 17.8 Å². The molecule has 0 radical (unpaired) electrons. The highest BCUT2D eigenvalue weighted by molar-refractivity contribution is 7.13. The van der Waals surface area contributed by atoms with E-state index in [4.69, 9.17) is 16.3 Å². The third-order valence-electron chi connectivity index (χ3n) is 3.76. The van der Waals surface area contributed by atoms with Crippen LogP contribution in [0.3, 0.4) is 0 Å². The number of anilines is 1. The number of amides is 1. The standard InChI is InChI=1S/C19H15ClFN3O3S/c1-2-11-3-6-13(7-4-11)22-17(25)18-24-23-16(28-18)10-27-19(26)14-9-12(20)5-8-15(14)21/h3-9H,2,10H2,1H3,(H,22,25). The Balaban J connectivity index is 1.59. The van der Waals surface area contributed by atoms with E-state index in [1.165, 1.54) is 12.1 Å². The minimum atomic E-state index is -0.878. The Bertz CT molecular complexity index is 1010. The molecule has 1 aromatic heterocycles. The van der Waals surface area contributed by atoms with Gasteiger partial charge in [0, 0.05) is 10.7 Å². The van der Waals surface area contributed by atoms with Gasteiger partial charge in [0.25, 0.3) is 5.91 Å². The Morgan fingerprint density at radius 2 is 1.93 bits per heavy atom. The van der Waals surface area contributed by atoms with Crippen LogP contribution in [0.2, 0.25) is 5.02 Å². The van der Waals surface area contributed by atoms with Crippen LogP contribution in [0.4, 0.5) is 10.1 Å². The molecule has 0 aliphatic rings. The van der Waals surface area contributed by atoms with Crippen molar-refractivity contribution < 1.29 is 18.7 Å². The van der Waals surface area contributed by atoms with Crippen LogP contribution < -0.4 is 5.32 Å². The van der Waals surface area contributed by atoms with Crippen LogP contribution in [0.1, 0.15) is 37.7 Å². The summed E-state index contributed by atoms with van der Waals surface area (Å²) >= 11 is 6.74. The van der Waals surface area contributed by atoms with Crippen molar-refractivity contribution in [1.29, 1.82) is 0 Å². The van der Waals surface area contributed by atoms with Crippen molar-refractivity contribution in [3.8, 4) is 0 Å². The number of carbonyl (C=O) groups is 2. The highest BCUT2D eigenvalue weighted by atomic mass is 35.5. The summed E-state index contributed by atoms with van der Waals surface area (Å²) in [5.74, 6) is -2.03. The fourth-order valence-electron chi connectivity index (χ4n) is 2.27. The summed E-state index contributed by atoms with van der Waals surface area (Å²) in [6, 6.07) is 11.1. The van der Waals surface area contributed by atoms with Crippen LogP contribution in [0.5, 0.6) is 0 Å². The average molecular weight is 420 g/mol. The van der Waals surface area contributed by atoms with Crippen LogP contribution in [0, 0.1) is 5.82 Å². The molecule has 3 rings (SSSR count). The monoisotopic (exact) mass is 419 g/mol. The summed E-state index contributed by atoms with van der Waals surface area (Å²) in [5, 5.41) is 11.0. The number of benzene rings is 2. The number of ether oxygens (including phenoxy) is 1. The van der Waals surface area contributed by atoms with Crippen molar-refractivity contribution in [2.75, 3.05) is 5.32 Å². The Kier molecular flexibility index (Phi) is 6.33. The molecular weight excluding hydrogens is 405 g/mol. The number of nitrogens with zero attached hydrogens (tertiary/aromatic N) is 2. The molecule has 9 heteroatoms. The van der Waals surface area contributed by atoms with Crippen LogP contribution in [0.25, 0.3) is 0 Å². The maximum Gasteiger partial charge on any atom is 0.341 e. The quantitative estimate of drug-likeness (QED) is 0.595. The maximum atomic E-state index is 13.7. The average Bonchev–Trinajstić information content (AvgIpc) is 3.18. The zero-order chi connectivity index (χ0) is 20.1. The topological polar surface area (TPSA) is 81.2 Å². The molecule has 0 atom stereocenters. The number of esters is 1. The Morgan fingerprint density at radius 1 is 1.18 bits per heavy atom. The maximum absolute atomic E-state index is 13.7. The second-order valence-electron chi connectivity index (χ2n) is 5.71. The Morgan fingerprint density at radius 3 is 2.64 bits per heavy atom. The summed E-state index contributed by atoms with van der Waals surface area (Å²) in [6.07, 6.45) is 0.909. The summed E-state index contributed by atoms with van der Waals surface area (Å²) in [4.78, 5) is 24.2. The van der Waals surface area contributed by atoms with Crippen LogP contribution in [0.15, 0.2) is 42.5 Å². The minimum Gasteiger partial charge on any atom is -0.455 e. The minimum absolute atomic E-state index is 0.125. The first-order valence-corrected chi connectivity index (χ1v) is 9.50. The molecule has 0 aliphatic carbocycles. The van der Waals surface area contributed by atoms with Crippen molar-refractivity contribution in [3.05, 3.63) is 74.4 Å². The molecule has 0 aliphatic heterocycles. The summed E-state index contributed by atoms with van der Waals surface area (Å²) in [7, 11) is 0. The summed E-state index contributed by atoms with van der Waals surface area (Å²) < 4.78 is 18.7. The number of halogens is 2.